The van der Waals surface area contributed by atoms with Crippen molar-refractivity contribution in [1.82, 2.24) is 10.3 Å². The quantitative estimate of drug-likeness (QED) is 0.343. The summed E-state index contributed by atoms with van der Waals surface area (Å²) in [7, 11) is -1.92. The molecule has 2 aromatic rings. The van der Waals surface area contributed by atoms with Crippen molar-refractivity contribution in [3.8, 4) is 5.75 Å². The van der Waals surface area contributed by atoms with Crippen molar-refractivity contribution in [1.29, 1.82) is 0 Å². The van der Waals surface area contributed by atoms with Gasteiger partial charge in [0.25, 0.3) is 6.47 Å². The number of ether oxygens (including phenoxy) is 1. The van der Waals surface area contributed by atoms with Crippen LogP contribution in [0, 0.1) is 0 Å². The SMILES string of the molecule is O=COc1c(C[C@H](NC(=O)Cc2cccnc2)B(O)O)cccc1C(=O)O. The zero-order chi connectivity index (χ0) is 19.8. The van der Waals surface area contributed by atoms with Crippen molar-refractivity contribution in [2.24, 2.45) is 0 Å². The van der Waals surface area contributed by atoms with Crippen LogP contribution in [0.2, 0.25) is 0 Å². The van der Waals surface area contributed by atoms with E-state index in [1.54, 1.807) is 18.3 Å². The molecule has 4 N–H and O–H groups in total. The van der Waals surface area contributed by atoms with Gasteiger partial charge in [0.05, 0.1) is 12.4 Å². The zero-order valence-electron chi connectivity index (χ0n) is 14.1. The summed E-state index contributed by atoms with van der Waals surface area (Å²) < 4.78 is 4.77. The lowest BCUT2D eigenvalue weighted by atomic mass is 9.75. The Balaban J connectivity index is 2.18. The van der Waals surface area contributed by atoms with E-state index in [9.17, 15) is 29.5 Å². The van der Waals surface area contributed by atoms with Crippen LogP contribution in [0.4, 0.5) is 0 Å². The largest absolute Gasteiger partial charge is 0.478 e. The number of carbonyl (C=O) groups is 3. The molecule has 1 amide bonds. The van der Waals surface area contributed by atoms with Gasteiger partial charge in [-0.05, 0) is 29.7 Å². The average molecular weight is 372 g/mol. The second kappa shape index (κ2) is 9.46. The maximum absolute atomic E-state index is 12.2. The average Bonchev–Trinajstić information content (AvgIpc) is 2.63. The number of aromatic carboxylic acids is 1. The molecule has 0 aliphatic carbocycles. The van der Waals surface area contributed by atoms with Crippen molar-refractivity contribution < 1.29 is 34.3 Å². The first-order valence-corrected chi connectivity index (χ1v) is 7.92. The van der Waals surface area contributed by atoms with Gasteiger partial charge in [0, 0.05) is 12.4 Å². The van der Waals surface area contributed by atoms with Gasteiger partial charge < -0.3 is 25.2 Å². The summed E-state index contributed by atoms with van der Waals surface area (Å²) in [5, 5.41) is 30.9. The predicted octanol–water partition coefficient (Wildman–Crippen LogP) is -0.403. The smallest absolute Gasteiger partial charge is 0.475 e. The fourth-order valence-corrected chi connectivity index (χ4v) is 2.52. The third-order valence-electron chi connectivity index (χ3n) is 3.73. The maximum Gasteiger partial charge on any atom is 0.475 e. The van der Waals surface area contributed by atoms with E-state index in [0.29, 0.717) is 5.56 Å². The molecule has 0 saturated carbocycles. The van der Waals surface area contributed by atoms with E-state index in [1.165, 1.54) is 24.4 Å². The van der Waals surface area contributed by atoms with Crippen LogP contribution in [-0.4, -0.2) is 51.5 Å². The standard InChI is InChI=1S/C17H17BN2O7/c21-10-27-16-12(4-1-5-13(16)17(23)24)8-14(18(25)26)20-15(22)7-11-3-2-6-19-9-11/h1-6,9-10,14,25-26H,7-8H2,(H,20,22)(H,23,24)/t14-/m0/s1. The molecule has 9 nitrogen and oxygen atoms in total. The molecule has 0 aliphatic heterocycles. The number of hydrogen-bond donors (Lipinski definition) is 4. The van der Waals surface area contributed by atoms with Gasteiger partial charge >= 0.3 is 13.1 Å². The Morgan fingerprint density at radius 1 is 1.26 bits per heavy atom. The van der Waals surface area contributed by atoms with Gasteiger partial charge in [0.1, 0.15) is 11.3 Å². The highest BCUT2D eigenvalue weighted by atomic mass is 16.5. The van der Waals surface area contributed by atoms with E-state index in [1.807, 2.05) is 0 Å². The third kappa shape index (κ3) is 5.63. The first-order chi connectivity index (χ1) is 12.9. The van der Waals surface area contributed by atoms with E-state index in [2.05, 4.69) is 10.3 Å². The van der Waals surface area contributed by atoms with Crippen molar-refractivity contribution in [2.75, 3.05) is 0 Å². The Labute approximate surface area is 154 Å². The fraction of sp³-hybridized carbons (Fsp3) is 0.176. The minimum absolute atomic E-state index is 0.0239. The molecule has 27 heavy (non-hydrogen) atoms. The number of rotatable bonds is 9. The van der Waals surface area contributed by atoms with E-state index >= 15 is 0 Å². The Morgan fingerprint density at radius 2 is 2.04 bits per heavy atom. The molecule has 140 valence electrons. The predicted molar refractivity (Wildman–Crippen MR) is 93.9 cm³/mol. The summed E-state index contributed by atoms with van der Waals surface area (Å²) in [6, 6.07) is 7.50. The third-order valence-corrected chi connectivity index (χ3v) is 3.73. The van der Waals surface area contributed by atoms with Crippen LogP contribution in [0.3, 0.4) is 0 Å². The fourth-order valence-electron chi connectivity index (χ4n) is 2.52. The molecule has 0 unspecified atom stereocenters. The molecular weight excluding hydrogens is 355 g/mol. The van der Waals surface area contributed by atoms with E-state index < -0.39 is 24.9 Å². The minimum atomic E-state index is -1.92. The molecule has 2 rings (SSSR count). The van der Waals surface area contributed by atoms with Gasteiger partial charge in [-0.1, -0.05) is 18.2 Å². The summed E-state index contributed by atoms with van der Waals surface area (Å²) in [5.74, 6) is -3.15. The topological polar surface area (TPSA) is 146 Å². The molecule has 0 radical (unpaired) electrons. The minimum Gasteiger partial charge on any atom is -0.478 e. The first kappa shape index (κ1) is 20.1. The zero-order valence-corrected chi connectivity index (χ0v) is 14.1. The number of carboxylic acid groups (broad SMARTS) is 1. The molecule has 10 heteroatoms. The molecule has 0 spiro atoms. The number of aromatic nitrogens is 1. The summed E-state index contributed by atoms with van der Waals surface area (Å²) in [5.41, 5.74) is 0.605. The number of benzene rings is 1. The lowest BCUT2D eigenvalue weighted by Gasteiger charge is -2.19. The number of carboxylic acids is 1. The lowest BCUT2D eigenvalue weighted by Crippen LogP contribution is -2.48. The van der Waals surface area contributed by atoms with Crippen LogP contribution in [0.1, 0.15) is 21.5 Å². The lowest BCUT2D eigenvalue weighted by molar-refractivity contribution is -0.121. The maximum atomic E-state index is 12.2. The van der Waals surface area contributed by atoms with Crippen LogP contribution >= 0.6 is 0 Å². The van der Waals surface area contributed by atoms with E-state index in [0.717, 1.165) is 0 Å². The van der Waals surface area contributed by atoms with Crippen LogP contribution in [0.15, 0.2) is 42.7 Å². The Hall–Kier alpha value is -3.24. The number of amides is 1. The highest BCUT2D eigenvalue weighted by molar-refractivity contribution is 6.43. The molecule has 0 aliphatic rings. The summed E-state index contributed by atoms with van der Waals surface area (Å²) in [6.45, 7) is 0.0800. The normalized spacial score (nSPS) is 11.3. The summed E-state index contributed by atoms with van der Waals surface area (Å²) >= 11 is 0. The highest BCUT2D eigenvalue weighted by Gasteiger charge is 2.28. The number of pyridine rings is 1. The van der Waals surface area contributed by atoms with Crippen molar-refractivity contribution in [2.45, 2.75) is 18.8 Å². The molecule has 1 heterocycles. The molecule has 1 atom stereocenters. The van der Waals surface area contributed by atoms with Gasteiger partial charge in [-0.2, -0.15) is 0 Å². The van der Waals surface area contributed by atoms with Crippen LogP contribution < -0.4 is 10.1 Å². The van der Waals surface area contributed by atoms with Gasteiger partial charge in [-0.3, -0.25) is 14.6 Å². The van der Waals surface area contributed by atoms with Gasteiger partial charge in [0.2, 0.25) is 5.91 Å². The Morgan fingerprint density at radius 3 is 2.63 bits per heavy atom. The molecule has 0 bridgehead atoms. The number of nitrogens with one attached hydrogen (secondary N) is 1. The number of para-hydroxylation sites is 1. The van der Waals surface area contributed by atoms with Crippen molar-refractivity contribution in [3.05, 3.63) is 59.4 Å². The summed E-state index contributed by atoms with van der Waals surface area (Å²) in [4.78, 5) is 38.0. The number of hydrogen-bond acceptors (Lipinski definition) is 7. The van der Waals surface area contributed by atoms with Crippen LogP contribution in [-0.2, 0) is 22.4 Å². The van der Waals surface area contributed by atoms with E-state index in [-0.39, 0.29) is 36.2 Å². The van der Waals surface area contributed by atoms with Gasteiger partial charge in [-0.25, -0.2) is 4.79 Å². The van der Waals surface area contributed by atoms with Gasteiger partial charge in [0.15, 0.2) is 0 Å². The van der Waals surface area contributed by atoms with Gasteiger partial charge in [-0.15, -0.1) is 0 Å². The monoisotopic (exact) mass is 372 g/mol. The summed E-state index contributed by atoms with van der Waals surface area (Å²) in [6.07, 6.45) is 2.88. The van der Waals surface area contributed by atoms with Crippen LogP contribution in [0.25, 0.3) is 0 Å². The highest BCUT2D eigenvalue weighted by Crippen LogP contribution is 2.25. The first-order valence-electron chi connectivity index (χ1n) is 7.92. The van der Waals surface area contributed by atoms with Crippen molar-refractivity contribution >= 4 is 25.5 Å². The number of nitrogens with zero attached hydrogens (tertiary/aromatic N) is 1. The molecule has 1 aromatic carbocycles. The molecule has 0 fully saturated rings. The Bertz CT molecular complexity index is 814. The second-order valence-electron chi connectivity index (χ2n) is 5.64. The van der Waals surface area contributed by atoms with E-state index in [4.69, 9.17) is 4.74 Å². The van der Waals surface area contributed by atoms with Crippen molar-refractivity contribution in [3.63, 3.8) is 0 Å². The molecule has 1 aromatic heterocycles. The molecular formula is C17H17BN2O7. The Kier molecular flexibility index (Phi) is 7.04. The van der Waals surface area contributed by atoms with Crippen LogP contribution in [0.5, 0.6) is 5.75 Å². The number of carbonyl (C=O) groups excluding carboxylic acids is 2. The molecule has 0 saturated heterocycles. The second-order valence-corrected chi connectivity index (χ2v) is 5.64.